The minimum Gasteiger partial charge on any atom is -0.374 e. The third kappa shape index (κ3) is 2.11. The van der Waals surface area contributed by atoms with Crippen LogP contribution in [0.4, 0.5) is 0 Å². The summed E-state index contributed by atoms with van der Waals surface area (Å²) in [5, 5.41) is 0.551. The van der Waals surface area contributed by atoms with Gasteiger partial charge in [-0.1, -0.05) is 24.1 Å². The molecular formula is C16H17NO5. The second-order valence-corrected chi connectivity index (χ2v) is 5.79. The molecule has 22 heavy (non-hydrogen) atoms. The minimum absolute atomic E-state index is 0.0438. The Balaban J connectivity index is 1.79. The van der Waals surface area contributed by atoms with Crippen LogP contribution in [0.2, 0.25) is 0 Å². The second kappa shape index (κ2) is 5.21. The fourth-order valence-corrected chi connectivity index (χ4v) is 3.07. The van der Waals surface area contributed by atoms with E-state index in [9.17, 15) is 14.4 Å². The molecule has 0 bridgehead atoms. The van der Waals surface area contributed by atoms with E-state index in [0.717, 1.165) is 0 Å². The summed E-state index contributed by atoms with van der Waals surface area (Å²) in [5.41, 5.74) is 0.495. The molecule has 1 fully saturated rings. The van der Waals surface area contributed by atoms with Crippen LogP contribution in [0.3, 0.4) is 0 Å². The normalized spacial score (nSPS) is 30.6. The van der Waals surface area contributed by atoms with Crippen molar-refractivity contribution in [2.75, 3.05) is 0 Å². The number of hydroxylamine groups is 2. The minimum atomic E-state index is -0.612. The van der Waals surface area contributed by atoms with Gasteiger partial charge in [0.15, 0.2) is 0 Å². The van der Waals surface area contributed by atoms with Crippen molar-refractivity contribution in [3.63, 3.8) is 0 Å². The monoisotopic (exact) mass is 303 g/mol. The van der Waals surface area contributed by atoms with Crippen LogP contribution in [-0.2, 0) is 14.4 Å². The molecule has 1 aromatic rings. The summed E-state index contributed by atoms with van der Waals surface area (Å²) in [6.45, 7) is 5.56. The Morgan fingerprint density at radius 3 is 2.05 bits per heavy atom. The van der Waals surface area contributed by atoms with Crippen molar-refractivity contribution in [3.8, 4) is 0 Å². The number of carbonyl (C=O) groups excluding carboxylic acids is 3. The average Bonchev–Trinajstić information content (AvgIpc) is 2.88. The van der Waals surface area contributed by atoms with E-state index >= 15 is 0 Å². The summed E-state index contributed by atoms with van der Waals surface area (Å²) in [7, 11) is 0. The summed E-state index contributed by atoms with van der Waals surface area (Å²) in [4.78, 5) is 41.8. The van der Waals surface area contributed by atoms with Crippen molar-refractivity contribution < 1.29 is 24.0 Å². The zero-order chi connectivity index (χ0) is 16.0. The van der Waals surface area contributed by atoms with Gasteiger partial charge in [-0.15, -0.1) is 0 Å². The molecule has 0 radical (unpaired) electrons. The maximum Gasteiger partial charge on any atom is 0.339 e. The first-order valence-electron chi connectivity index (χ1n) is 7.27. The number of amides is 2. The Kier molecular flexibility index (Phi) is 3.48. The molecule has 6 heteroatoms. The summed E-state index contributed by atoms with van der Waals surface area (Å²) in [5.74, 6) is -2.38. The van der Waals surface area contributed by atoms with E-state index in [1.54, 1.807) is 19.1 Å². The van der Waals surface area contributed by atoms with Crippen LogP contribution in [0.25, 0.3) is 0 Å². The summed E-state index contributed by atoms with van der Waals surface area (Å²) in [6.07, 6.45) is -0.387. The Morgan fingerprint density at radius 2 is 1.59 bits per heavy atom. The van der Waals surface area contributed by atoms with Gasteiger partial charge in [0.1, 0.15) is 0 Å². The topological polar surface area (TPSA) is 72.9 Å². The Labute approximate surface area is 127 Å². The molecule has 2 heterocycles. The zero-order valence-electron chi connectivity index (χ0n) is 12.6. The van der Waals surface area contributed by atoms with Crippen molar-refractivity contribution in [1.29, 1.82) is 0 Å². The van der Waals surface area contributed by atoms with Crippen molar-refractivity contribution in [1.82, 2.24) is 5.06 Å². The van der Waals surface area contributed by atoms with E-state index in [1.165, 1.54) is 12.1 Å². The van der Waals surface area contributed by atoms with E-state index in [4.69, 9.17) is 9.57 Å². The maximum absolute atomic E-state index is 12.4. The van der Waals surface area contributed by atoms with E-state index in [2.05, 4.69) is 0 Å². The van der Waals surface area contributed by atoms with Crippen LogP contribution in [0.1, 0.15) is 41.5 Å². The van der Waals surface area contributed by atoms with E-state index in [1.807, 2.05) is 13.8 Å². The van der Waals surface area contributed by atoms with Gasteiger partial charge in [-0.25, -0.2) is 4.79 Å². The van der Waals surface area contributed by atoms with Gasteiger partial charge in [0, 0.05) is 0 Å². The van der Waals surface area contributed by atoms with Crippen LogP contribution in [0.15, 0.2) is 24.3 Å². The predicted octanol–water partition coefficient (Wildman–Crippen LogP) is 1.80. The highest BCUT2D eigenvalue weighted by atomic mass is 16.7. The number of ether oxygens (including phenoxy) is 1. The van der Waals surface area contributed by atoms with E-state index < -0.39 is 23.7 Å². The van der Waals surface area contributed by atoms with Gasteiger partial charge in [-0.2, -0.15) is 0 Å². The fourth-order valence-electron chi connectivity index (χ4n) is 3.07. The van der Waals surface area contributed by atoms with Gasteiger partial charge < -0.3 is 9.57 Å². The average molecular weight is 303 g/mol. The van der Waals surface area contributed by atoms with Crippen LogP contribution < -0.4 is 0 Å². The number of nitrogens with zero attached hydrogens (tertiary/aromatic N) is 1. The molecule has 0 aliphatic carbocycles. The highest BCUT2D eigenvalue weighted by molar-refractivity contribution is 6.20. The number of hydrogen-bond donors (Lipinski definition) is 0. The number of fused-ring (bicyclic) bond motifs is 1. The lowest BCUT2D eigenvalue weighted by Gasteiger charge is -2.19. The Bertz CT molecular complexity index is 621. The molecule has 116 valence electrons. The SMILES string of the molecule is CC1OC(C)C(C(=O)ON2C(=O)c3ccccc3C2=O)C1C. The van der Waals surface area contributed by atoms with Gasteiger partial charge in [-0.3, -0.25) is 9.59 Å². The van der Waals surface area contributed by atoms with Crippen molar-refractivity contribution >= 4 is 17.8 Å². The number of rotatable bonds is 2. The van der Waals surface area contributed by atoms with E-state index in [0.29, 0.717) is 5.06 Å². The zero-order valence-corrected chi connectivity index (χ0v) is 12.6. The molecule has 0 aromatic heterocycles. The number of carbonyl (C=O) groups is 3. The van der Waals surface area contributed by atoms with Crippen LogP contribution in [-0.4, -0.2) is 35.1 Å². The lowest BCUT2D eigenvalue weighted by Crippen LogP contribution is -2.38. The predicted molar refractivity (Wildman–Crippen MR) is 75.7 cm³/mol. The quantitative estimate of drug-likeness (QED) is 0.779. The first kappa shape index (κ1) is 14.7. The Morgan fingerprint density at radius 1 is 1.05 bits per heavy atom. The largest absolute Gasteiger partial charge is 0.374 e. The first-order valence-corrected chi connectivity index (χ1v) is 7.27. The highest BCUT2D eigenvalue weighted by Crippen LogP contribution is 2.34. The van der Waals surface area contributed by atoms with Gasteiger partial charge in [0.25, 0.3) is 11.8 Å². The molecule has 1 saturated heterocycles. The Hall–Kier alpha value is -2.21. The molecule has 0 saturated carbocycles. The molecule has 4 atom stereocenters. The lowest BCUT2D eigenvalue weighted by atomic mass is 9.90. The van der Waals surface area contributed by atoms with Gasteiger partial charge in [-0.05, 0) is 31.9 Å². The van der Waals surface area contributed by atoms with Crippen molar-refractivity contribution in [2.24, 2.45) is 11.8 Å². The van der Waals surface area contributed by atoms with Crippen LogP contribution >= 0.6 is 0 Å². The summed E-state index contributed by atoms with van der Waals surface area (Å²) >= 11 is 0. The number of benzene rings is 1. The van der Waals surface area contributed by atoms with Gasteiger partial charge in [0.2, 0.25) is 0 Å². The molecule has 3 rings (SSSR count). The van der Waals surface area contributed by atoms with Crippen LogP contribution in [0.5, 0.6) is 0 Å². The van der Waals surface area contributed by atoms with Gasteiger partial charge in [0.05, 0.1) is 29.3 Å². The second-order valence-electron chi connectivity index (χ2n) is 5.79. The lowest BCUT2D eigenvalue weighted by molar-refractivity contribution is -0.176. The number of hydrogen-bond acceptors (Lipinski definition) is 5. The van der Waals surface area contributed by atoms with Crippen molar-refractivity contribution in [2.45, 2.75) is 33.0 Å². The third-order valence-corrected chi connectivity index (χ3v) is 4.45. The molecule has 6 nitrogen and oxygen atoms in total. The van der Waals surface area contributed by atoms with Crippen molar-refractivity contribution in [3.05, 3.63) is 35.4 Å². The van der Waals surface area contributed by atoms with Gasteiger partial charge >= 0.3 is 5.97 Å². The highest BCUT2D eigenvalue weighted by Gasteiger charge is 2.46. The standard InChI is InChI=1S/C16H17NO5/c1-8-9(2)21-10(3)13(8)16(20)22-17-14(18)11-6-4-5-7-12(11)15(17)19/h4-10,13H,1-3H3. The molecule has 0 N–H and O–H groups in total. The maximum atomic E-state index is 12.4. The van der Waals surface area contributed by atoms with E-state index in [-0.39, 0.29) is 29.3 Å². The molecule has 0 spiro atoms. The molecule has 1 aromatic carbocycles. The third-order valence-electron chi connectivity index (χ3n) is 4.45. The van der Waals surface area contributed by atoms with Crippen LogP contribution in [0, 0.1) is 11.8 Å². The summed E-state index contributed by atoms with van der Waals surface area (Å²) < 4.78 is 5.60. The first-order chi connectivity index (χ1) is 10.4. The molecule has 2 amide bonds. The number of imide groups is 1. The molecule has 4 unspecified atom stereocenters. The smallest absolute Gasteiger partial charge is 0.339 e. The molecular weight excluding hydrogens is 286 g/mol. The molecule has 2 aliphatic rings. The fraction of sp³-hybridized carbons (Fsp3) is 0.438. The summed E-state index contributed by atoms with van der Waals surface area (Å²) in [6, 6.07) is 6.39. The molecule has 2 aliphatic heterocycles.